The highest BCUT2D eigenvalue weighted by atomic mass is 32.3. The second-order valence-electron chi connectivity index (χ2n) is 5.18. The molecule has 3 aliphatic rings. The average Bonchev–Trinajstić information content (AvgIpc) is 3.03. The fourth-order valence-electron chi connectivity index (χ4n) is 3.16. The highest BCUT2D eigenvalue weighted by Gasteiger charge is 2.34. The molecule has 0 spiro atoms. The van der Waals surface area contributed by atoms with E-state index < -0.39 is 0 Å². The lowest BCUT2D eigenvalue weighted by molar-refractivity contribution is 0.929. The molecule has 1 heterocycles. The van der Waals surface area contributed by atoms with Gasteiger partial charge in [0.25, 0.3) is 0 Å². The van der Waals surface area contributed by atoms with Crippen LogP contribution in [0.3, 0.4) is 0 Å². The third kappa shape index (κ3) is 1.74. The highest BCUT2D eigenvalue weighted by molar-refractivity contribution is 8.25. The van der Waals surface area contributed by atoms with Crippen molar-refractivity contribution in [3.8, 4) is 0 Å². The van der Waals surface area contributed by atoms with Crippen LogP contribution < -0.4 is 0 Å². The summed E-state index contributed by atoms with van der Waals surface area (Å²) in [6, 6.07) is 0. The minimum atomic E-state index is -0.256. The van der Waals surface area contributed by atoms with Crippen molar-refractivity contribution in [3.05, 3.63) is 58.1 Å². The Morgan fingerprint density at radius 1 is 1.28 bits per heavy atom. The molecule has 2 atom stereocenters. The fraction of sp³-hybridized carbons (Fsp3) is 0.375. The van der Waals surface area contributed by atoms with E-state index in [0.29, 0.717) is 9.89 Å². The number of allylic oxidation sites excluding steroid dienone is 8. The van der Waals surface area contributed by atoms with Crippen molar-refractivity contribution in [2.75, 3.05) is 0 Å². The van der Waals surface area contributed by atoms with Crippen LogP contribution in [0.5, 0.6) is 0 Å². The third-order valence-electron chi connectivity index (χ3n) is 3.84. The highest BCUT2D eigenvalue weighted by Crippen LogP contribution is 2.54. The molecule has 0 radical (unpaired) electrons. The SMILES string of the molecule is CCC1C(C2=CC=CC2)=C2C=CC=C2S1=[Si](C)C. The lowest BCUT2D eigenvalue weighted by Gasteiger charge is -2.19. The first-order valence-electron chi connectivity index (χ1n) is 6.76. The molecule has 2 unspecified atom stereocenters. The maximum Gasteiger partial charge on any atom is 0.0425 e. The summed E-state index contributed by atoms with van der Waals surface area (Å²) >= 11 is 0. The molecule has 0 N–H and O–H groups in total. The van der Waals surface area contributed by atoms with Crippen LogP contribution in [-0.4, -0.2) is 12.8 Å². The van der Waals surface area contributed by atoms with Crippen LogP contribution >= 0.6 is 9.89 Å². The van der Waals surface area contributed by atoms with Gasteiger partial charge in [0.2, 0.25) is 0 Å². The van der Waals surface area contributed by atoms with Crippen molar-refractivity contribution >= 4 is 17.4 Å². The van der Waals surface area contributed by atoms with E-state index in [2.05, 4.69) is 56.5 Å². The Balaban J connectivity index is 2.16. The zero-order chi connectivity index (χ0) is 12.7. The van der Waals surface area contributed by atoms with Crippen molar-refractivity contribution in [3.63, 3.8) is 0 Å². The van der Waals surface area contributed by atoms with Gasteiger partial charge in [-0.2, -0.15) is 9.89 Å². The molecular formula is C16H20SSi. The Morgan fingerprint density at radius 2 is 2.11 bits per heavy atom. The van der Waals surface area contributed by atoms with Crippen LogP contribution in [0, 0.1) is 0 Å². The van der Waals surface area contributed by atoms with E-state index in [1.807, 2.05) is 0 Å². The summed E-state index contributed by atoms with van der Waals surface area (Å²) in [5.74, 6) is 0. The summed E-state index contributed by atoms with van der Waals surface area (Å²) < 4.78 is 0. The van der Waals surface area contributed by atoms with Gasteiger partial charge in [-0.3, -0.25) is 0 Å². The Kier molecular flexibility index (Phi) is 3.24. The van der Waals surface area contributed by atoms with Crippen molar-refractivity contribution in [1.82, 2.24) is 0 Å². The summed E-state index contributed by atoms with van der Waals surface area (Å²) in [6.07, 6.45) is 16.3. The van der Waals surface area contributed by atoms with E-state index in [1.54, 1.807) is 21.6 Å². The van der Waals surface area contributed by atoms with Gasteiger partial charge in [-0.25, -0.2) is 0 Å². The van der Waals surface area contributed by atoms with Crippen LogP contribution in [0.2, 0.25) is 13.1 Å². The van der Waals surface area contributed by atoms with E-state index in [9.17, 15) is 0 Å². The first kappa shape index (κ1) is 12.3. The average molecular weight is 272 g/mol. The largest absolute Gasteiger partial charge is 0.174 e. The molecular weight excluding hydrogens is 252 g/mol. The van der Waals surface area contributed by atoms with E-state index >= 15 is 0 Å². The Labute approximate surface area is 114 Å². The molecule has 2 aliphatic carbocycles. The van der Waals surface area contributed by atoms with Crippen LogP contribution in [-0.2, 0) is 0 Å². The number of fused-ring (bicyclic) bond motifs is 1. The van der Waals surface area contributed by atoms with Crippen molar-refractivity contribution in [1.29, 1.82) is 0 Å². The molecule has 3 rings (SSSR count). The summed E-state index contributed by atoms with van der Waals surface area (Å²) in [5.41, 5.74) is 4.83. The predicted octanol–water partition coefficient (Wildman–Crippen LogP) is 4.94. The van der Waals surface area contributed by atoms with Crippen LogP contribution in [0.15, 0.2) is 58.1 Å². The van der Waals surface area contributed by atoms with Gasteiger partial charge in [-0.15, -0.1) is 0 Å². The molecule has 0 aromatic carbocycles. The third-order valence-corrected chi connectivity index (χ3v) is 10.8. The molecule has 94 valence electrons. The lowest BCUT2D eigenvalue weighted by Crippen LogP contribution is -2.08. The molecule has 0 bridgehead atoms. The fourth-order valence-corrected chi connectivity index (χ4v) is 10.4. The van der Waals surface area contributed by atoms with Crippen LogP contribution in [0.25, 0.3) is 0 Å². The van der Waals surface area contributed by atoms with Crippen molar-refractivity contribution < 1.29 is 0 Å². The Morgan fingerprint density at radius 3 is 2.72 bits per heavy atom. The molecule has 0 amide bonds. The van der Waals surface area contributed by atoms with Gasteiger partial charge in [0.1, 0.15) is 0 Å². The van der Waals surface area contributed by atoms with E-state index in [-0.39, 0.29) is 7.50 Å². The quantitative estimate of drug-likeness (QED) is 0.625. The maximum atomic E-state index is 2.48. The van der Waals surface area contributed by atoms with E-state index in [0.717, 1.165) is 11.7 Å². The van der Waals surface area contributed by atoms with Crippen molar-refractivity contribution in [2.24, 2.45) is 0 Å². The number of rotatable bonds is 2. The summed E-state index contributed by atoms with van der Waals surface area (Å²) in [6.45, 7) is 7.33. The molecule has 0 saturated carbocycles. The zero-order valence-corrected chi connectivity index (χ0v) is 13.2. The van der Waals surface area contributed by atoms with Gasteiger partial charge in [0.05, 0.1) is 0 Å². The summed E-state index contributed by atoms with van der Waals surface area (Å²) in [7, 11) is 0.253. The minimum Gasteiger partial charge on any atom is -0.174 e. The molecule has 2 heteroatoms. The molecule has 1 aliphatic heterocycles. The summed E-state index contributed by atoms with van der Waals surface area (Å²) in [4.78, 5) is 1.67. The van der Waals surface area contributed by atoms with Gasteiger partial charge in [-0.1, -0.05) is 50.4 Å². The normalized spacial score (nSPS) is 28.8. The topological polar surface area (TPSA) is 0 Å². The van der Waals surface area contributed by atoms with Crippen molar-refractivity contribution in [2.45, 2.75) is 38.1 Å². The van der Waals surface area contributed by atoms with Gasteiger partial charge in [-0.05, 0) is 35.6 Å². The van der Waals surface area contributed by atoms with Crippen LogP contribution in [0.1, 0.15) is 19.8 Å². The summed E-state index contributed by atoms with van der Waals surface area (Å²) in [5, 5.41) is 0.797. The maximum absolute atomic E-state index is 2.48. The minimum absolute atomic E-state index is 0.256. The number of hydrogen-bond acceptors (Lipinski definition) is 0. The smallest absolute Gasteiger partial charge is 0.0425 e. The molecule has 0 nitrogen and oxygen atoms in total. The monoisotopic (exact) mass is 272 g/mol. The predicted molar refractivity (Wildman–Crippen MR) is 85.2 cm³/mol. The second kappa shape index (κ2) is 4.75. The number of hydrogen-bond donors (Lipinski definition) is 0. The Bertz CT molecular complexity index is 578. The standard InChI is InChI=1S/C16H20SSi/c1-4-14-16(12-8-5-6-9-12)13-10-7-11-15(13)17(14)18(2)3/h5-8,10-11,14H,4,9H2,1-3H3. The zero-order valence-electron chi connectivity index (χ0n) is 11.4. The van der Waals surface area contributed by atoms with Gasteiger partial charge < -0.3 is 0 Å². The molecule has 0 aromatic rings. The second-order valence-corrected chi connectivity index (χ2v) is 12.5. The van der Waals surface area contributed by atoms with Gasteiger partial charge in [0, 0.05) is 17.7 Å². The molecule has 0 saturated heterocycles. The van der Waals surface area contributed by atoms with Gasteiger partial charge >= 0.3 is 0 Å². The van der Waals surface area contributed by atoms with Crippen LogP contribution in [0.4, 0.5) is 0 Å². The van der Waals surface area contributed by atoms with Gasteiger partial charge in [0.15, 0.2) is 0 Å². The molecule has 0 fully saturated rings. The first-order valence-corrected chi connectivity index (χ1v) is 11.3. The lowest BCUT2D eigenvalue weighted by atomic mass is 9.95. The van der Waals surface area contributed by atoms with E-state index in [4.69, 9.17) is 0 Å². The van der Waals surface area contributed by atoms with E-state index in [1.165, 1.54) is 6.42 Å². The first-order chi connectivity index (χ1) is 8.74. The Hall–Kier alpha value is -0.733. The molecule has 18 heavy (non-hydrogen) atoms. The molecule has 0 aromatic heterocycles.